The Labute approximate surface area is 195 Å². The zero-order chi connectivity index (χ0) is 23.7. The van der Waals surface area contributed by atoms with Crippen LogP contribution in [-0.4, -0.2) is 34.6 Å². The Balaban J connectivity index is 0.000000152. The summed E-state index contributed by atoms with van der Waals surface area (Å²) in [6.45, 7) is 0. The quantitative estimate of drug-likeness (QED) is 0.201. The molecule has 1 heterocycles. The van der Waals surface area contributed by atoms with E-state index in [0.717, 1.165) is 38.2 Å². The van der Waals surface area contributed by atoms with Gasteiger partial charge in [-0.15, -0.1) is 0 Å². The van der Waals surface area contributed by atoms with Crippen molar-refractivity contribution >= 4 is 50.0 Å². The molecule has 6 nitrogen and oxygen atoms in total. The molecule has 0 aliphatic heterocycles. The third-order valence-corrected chi connectivity index (χ3v) is 5.97. The van der Waals surface area contributed by atoms with Crippen molar-refractivity contribution in [2.75, 3.05) is 7.11 Å². The van der Waals surface area contributed by atoms with Crippen molar-refractivity contribution < 1.29 is 19.1 Å². The number of Topliss-reactive ketones (excluding diaryl/α,β-unsaturated/α-hetero) is 2. The normalized spacial score (nSPS) is 12.9. The first-order valence-electron chi connectivity index (χ1n) is 10.8. The van der Waals surface area contributed by atoms with E-state index in [1.807, 2.05) is 36.4 Å². The van der Waals surface area contributed by atoms with Gasteiger partial charge in [-0.25, -0.2) is 14.8 Å². The number of nitrogens with zero attached hydrogens (tertiary/aromatic N) is 2. The third kappa shape index (κ3) is 3.90. The van der Waals surface area contributed by atoms with Crippen LogP contribution in [0.15, 0.2) is 79.3 Å². The molecule has 4 aromatic carbocycles. The maximum atomic E-state index is 12.2. The molecule has 166 valence electrons. The van der Waals surface area contributed by atoms with Gasteiger partial charge in [-0.05, 0) is 39.2 Å². The van der Waals surface area contributed by atoms with Gasteiger partial charge in [0.2, 0.25) is 0 Å². The van der Waals surface area contributed by atoms with Crippen LogP contribution in [0.4, 0.5) is 0 Å². The van der Waals surface area contributed by atoms with Crippen LogP contribution in [0.5, 0.6) is 0 Å². The highest BCUT2D eigenvalue weighted by Crippen LogP contribution is 2.32. The Bertz CT molecular complexity index is 1610. The number of benzene rings is 4. The molecule has 5 aromatic rings. The molecule has 0 fully saturated rings. The summed E-state index contributed by atoms with van der Waals surface area (Å²) >= 11 is 0. The zero-order valence-electron chi connectivity index (χ0n) is 18.4. The number of hydrogen-bond donors (Lipinski definition) is 0. The van der Waals surface area contributed by atoms with Crippen molar-refractivity contribution in [2.45, 2.75) is 12.8 Å². The topological polar surface area (TPSA) is 86.2 Å². The second kappa shape index (κ2) is 8.83. The second-order valence-electron chi connectivity index (χ2n) is 8.08. The lowest BCUT2D eigenvalue weighted by Crippen LogP contribution is -2.19. The van der Waals surface area contributed by atoms with Crippen LogP contribution in [0.3, 0.4) is 0 Å². The van der Waals surface area contributed by atoms with Crippen LogP contribution < -0.4 is 0 Å². The van der Waals surface area contributed by atoms with Crippen molar-refractivity contribution in [1.29, 1.82) is 0 Å². The molecular weight excluding hydrogens is 428 g/mol. The monoisotopic (exact) mass is 448 g/mol. The SMILES string of the molecule is COC(=O)c1ccc2cncnc2c1.O=C1CC(=O)c2c(ccc3c2ccc2ccccc23)C1. The van der Waals surface area contributed by atoms with Gasteiger partial charge in [0.1, 0.15) is 12.1 Å². The van der Waals surface area contributed by atoms with Crippen molar-refractivity contribution in [3.63, 3.8) is 0 Å². The highest BCUT2D eigenvalue weighted by Gasteiger charge is 2.25. The van der Waals surface area contributed by atoms with Crippen LogP contribution in [0, 0.1) is 0 Å². The fourth-order valence-corrected chi connectivity index (χ4v) is 4.37. The van der Waals surface area contributed by atoms with Crippen LogP contribution in [0.25, 0.3) is 32.4 Å². The molecule has 0 unspecified atom stereocenters. The van der Waals surface area contributed by atoms with Crippen molar-refractivity contribution in [1.82, 2.24) is 9.97 Å². The lowest BCUT2D eigenvalue weighted by atomic mass is 9.85. The van der Waals surface area contributed by atoms with E-state index < -0.39 is 0 Å². The van der Waals surface area contributed by atoms with Gasteiger partial charge in [0.05, 0.1) is 24.6 Å². The van der Waals surface area contributed by atoms with E-state index in [-0.39, 0.29) is 24.0 Å². The standard InChI is InChI=1S/C18H12O2.C10H8N2O2/c19-13-9-12-6-7-15-14-4-2-1-3-11(14)5-8-16(15)18(12)17(20)10-13;1-14-10(13)7-2-3-8-5-11-6-12-9(8)4-7/h1-8H,9-10H2;2-6H,1H3. The van der Waals surface area contributed by atoms with Crippen LogP contribution in [-0.2, 0) is 16.0 Å². The lowest BCUT2D eigenvalue weighted by Gasteiger charge is -2.17. The third-order valence-electron chi connectivity index (χ3n) is 5.97. The largest absolute Gasteiger partial charge is 0.465 e. The number of esters is 1. The Morgan fingerprint density at radius 3 is 2.50 bits per heavy atom. The number of ketones is 2. The average molecular weight is 448 g/mol. The van der Waals surface area contributed by atoms with Gasteiger partial charge in [-0.1, -0.05) is 54.6 Å². The maximum absolute atomic E-state index is 12.2. The molecule has 0 spiro atoms. The number of fused-ring (bicyclic) bond motifs is 6. The highest BCUT2D eigenvalue weighted by atomic mass is 16.5. The number of hydrogen-bond acceptors (Lipinski definition) is 6. The van der Waals surface area contributed by atoms with E-state index in [0.29, 0.717) is 12.0 Å². The smallest absolute Gasteiger partial charge is 0.337 e. The molecule has 1 aromatic heterocycles. The fourth-order valence-electron chi connectivity index (χ4n) is 4.37. The minimum atomic E-state index is -0.356. The van der Waals surface area contributed by atoms with Gasteiger partial charge in [0.15, 0.2) is 5.78 Å². The van der Waals surface area contributed by atoms with Crippen LogP contribution in [0.1, 0.15) is 32.7 Å². The summed E-state index contributed by atoms with van der Waals surface area (Å²) in [6.07, 6.45) is 3.57. The fraction of sp³-hybridized carbons (Fsp3) is 0.107. The number of carbonyl (C=O) groups excluding carboxylic acids is 3. The minimum Gasteiger partial charge on any atom is -0.465 e. The molecule has 0 saturated heterocycles. The Hall–Kier alpha value is -4.45. The van der Waals surface area contributed by atoms with E-state index in [4.69, 9.17) is 0 Å². The molecule has 0 saturated carbocycles. The van der Waals surface area contributed by atoms with Gasteiger partial charge in [-0.2, -0.15) is 0 Å². The minimum absolute atomic E-state index is 0.0163. The Morgan fingerprint density at radius 2 is 1.65 bits per heavy atom. The summed E-state index contributed by atoms with van der Waals surface area (Å²) in [6, 6.07) is 21.3. The second-order valence-corrected chi connectivity index (χ2v) is 8.08. The molecule has 34 heavy (non-hydrogen) atoms. The summed E-state index contributed by atoms with van der Waals surface area (Å²) in [5, 5.41) is 5.28. The molecule has 6 heteroatoms. The number of aromatic nitrogens is 2. The molecule has 0 N–H and O–H groups in total. The summed E-state index contributed by atoms with van der Waals surface area (Å²) < 4.78 is 4.60. The maximum Gasteiger partial charge on any atom is 0.337 e. The first-order chi connectivity index (χ1) is 16.5. The number of rotatable bonds is 1. The first-order valence-corrected chi connectivity index (χ1v) is 10.8. The summed E-state index contributed by atoms with van der Waals surface area (Å²) in [5.41, 5.74) is 2.85. The van der Waals surface area contributed by atoms with E-state index in [1.54, 1.807) is 24.4 Å². The predicted molar refractivity (Wildman–Crippen MR) is 130 cm³/mol. The van der Waals surface area contributed by atoms with Crippen molar-refractivity contribution in [3.8, 4) is 0 Å². The average Bonchev–Trinajstić information content (AvgIpc) is 2.87. The van der Waals surface area contributed by atoms with Crippen LogP contribution in [0.2, 0.25) is 0 Å². The summed E-state index contributed by atoms with van der Waals surface area (Å²) in [7, 11) is 1.35. The number of carbonyl (C=O) groups is 3. The van der Waals surface area contributed by atoms with E-state index in [2.05, 4.69) is 26.8 Å². The lowest BCUT2D eigenvalue weighted by molar-refractivity contribution is -0.117. The molecular formula is C28H20N2O4. The zero-order valence-corrected chi connectivity index (χ0v) is 18.4. The Morgan fingerprint density at radius 1 is 0.853 bits per heavy atom. The molecule has 0 bridgehead atoms. The van der Waals surface area contributed by atoms with Crippen LogP contribution >= 0.6 is 0 Å². The van der Waals surface area contributed by atoms with Gasteiger partial charge in [0, 0.05) is 23.6 Å². The van der Waals surface area contributed by atoms with E-state index in [1.165, 1.54) is 18.8 Å². The number of ether oxygens (including phenoxy) is 1. The van der Waals surface area contributed by atoms with Crippen molar-refractivity contribution in [2.24, 2.45) is 0 Å². The van der Waals surface area contributed by atoms with Gasteiger partial charge < -0.3 is 4.74 Å². The summed E-state index contributed by atoms with van der Waals surface area (Å²) in [4.78, 5) is 42.9. The summed E-state index contributed by atoms with van der Waals surface area (Å²) in [5.74, 6) is -0.384. The molecule has 0 amide bonds. The van der Waals surface area contributed by atoms with Gasteiger partial charge in [0.25, 0.3) is 0 Å². The molecule has 1 aliphatic rings. The molecule has 6 rings (SSSR count). The first kappa shape index (κ1) is 21.4. The highest BCUT2D eigenvalue weighted by molar-refractivity contribution is 6.22. The predicted octanol–water partition coefficient (Wildman–Crippen LogP) is 5.11. The van der Waals surface area contributed by atoms with E-state index in [9.17, 15) is 14.4 Å². The van der Waals surface area contributed by atoms with Crippen molar-refractivity contribution in [3.05, 3.63) is 95.9 Å². The van der Waals surface area contributed by atoms with Gasteiger partial charge >= 0.3 is 5.97 Å². The number of methoxy groups -OCH3 is 1. The molecule has 0 radical (unpaired) electrons. The molecule has 0 atom stereocenters. The Kier molecular flexibility index (Phi) is 5.55. The van der Waals surface area contributed by atoms with E-state index >= 15 is 0 Å². The molecule has 1 aliphatic carbocycles. The van der Waals surface area contributed by atoms with Gasteiger partial charge in [-0.3, -0.25) is 9.59 Å².